The molecule has 190 valence electrons. The maximum absolute atomic E-state index is 13.4. The number of hydrogen-bond donors (Lipinski definition) is 4. The average Bonchev–Trinajstić information content (AvgIpc) is 3.27. The minimum absolute atomic E-state index is 0.0254. The summed E-state index contributed by atoms with van der Waals surface area (Å²) in [6.07, 6.45) is 0.745. The van der Waals surface area contributed by atoms with E-state index in [1.54, 1.807) is 13.0 Å². The van der Waals surface area contributed by atoms with E-state index in [2.05, 4.69) is 13.8 Å². The van der Waals surface area contributed by atoms with Crippen LogP contribution >= 0.6 is 0 Å². The zero-order valence-corrected chi connectivity index (χ0v) is 21.4. The van der Waals surface area contributed by atoms with Gasteiger partial charge in [-0.1, -0.05) is 51.1 Å². The van der Waals surface area contributed by atoms with Gasteiger partial charge in [0.25, 0.3) is 0 Å². The Kier molecular flexibility index (Phi) is 5.47. The molecule has 2 fully saturated rings. The molecule has 2 bridgehead atoms. The third-order valence-electron chi connectivity index (χ3n) is 10.1. The number of benzene rings is 1. The molecule has 6 nitrogen and oxygen atoms in total. The lowest BCUT2D eigenvalue weighted by Crippen LogP contribution is -2.66. The van der Waals surface area contributed by atoms with E-state index in [1.165, 1.54) is 0 Å². The molecular formula is C29H38O6. The lowest BCUT2D eigenvalue weighted by atomic mass is 9.58. The summed E-state index contributed by atoms with van der Waals surface area (Å²) in [6.45, 7) is 11.4. The van der Waals surface area contributed by atoms with E-state index in [1.807, 2.05) is 45.0 Å². The van der Waals surface area contributed by atoms with Gasteiger partial charge in [0, 0.05) is 5.92 Å². The normalized spacial score (nSPS) is 43.2. The van der Waals surface area contributed by atoms with Gasteiger partial charge in [-0.2, -0.15) is 0 Å². The Hall–Kier alpha value is -1.99. The second kappa shape index (κ2) is 7.75. The average molecular weight is 483 g/mol. The molecule has 0 amide bonds. The van der Waals surface area contributed by atoms with Gasteiger partial charge >= 0.3 is 5.97 Å². The van der Waals surface area contributed by atoms with E-state index in [0.29, 0.717) is 17.1 Å². The summed E-state index contributed by atoms with van der Waals surface area (Å²) in [5.74, 6) is -0.562. The van der Waals surface area contributed by atoms with E-state index in [9.17, 15) is 25.2 Å². The lowest BCUT2D eigenvalue weighted by molar-refractivity contribution is -0.215. The van der Waals surface area contributed by atoms with Crippen LogP contribution < -0.4 is 0 Å². The highest BCUT2D eigenvalue weighted by atomic mass is 16.6. The van der Waals surface area contributed by atoms with Gasteiger partial charge in [-0.25, -0.2) is 4.79 Å². The third-order valence-corrected chi connectivity index (χ3v) is 10.1. The van der Waals surface area contributed by atoms with Crippen molar-refractivity contribution >= 4 is 5.97 Å². The number of hydrogen-bond acceptors (Lipinski definition) is 6. The third kappa shape index (κ3) is 3.00. The van der Waals surface area contributed by atoms with Gasteiger partial charge in [-0.15, -0.1) is 0 Å². The molecule has 0 heterocycles. The molecule has 1 aromatic carbocycles. The number of carbonyl (C=O) groups is 1. The van der Waals surface area contributed by atoms with Gasteiger partial charge in [0.2, 0.25) is 0 Å². The monoisotopic (exact) mass is 482 g/mol. The fraction of sp³-hybridized carbons (Fsp3) is 0.621. The van der Waals surface area contributed by atoms with Crippen LogP contribution in [0.4, 0.5) is 0 Å². The van der Waals surface area contributed by atoms with Crippen LogP contribution in [0.3, 0.4) is 0 Å². The number of aliphatic hydroxyl groups excluding tert-OH is 3. The molecule has 4 aliphatic rings. The summed E-state index contributed by atoms with van der Waals surface area (Å²) in [5.41, 5.74) is -0.400. The van der Waals surface area contributed by atoms with Gasteiger partial charge in [-0.3, -0.25) is 0 Å². The highest BCUT2D eigenvalue weighted by Gasteiger charge is 2.76. The molecule has 2 saturated carbocycles. The van der Waals surface area contributed by atoms with Crippen LogP contribution in [-0.4, -0.2) is 56.9 Å². The van der Waals surface area contributed by atoms with Crippen molar-refractivity contribution in [2.24, 2.45) is 34.5 Å². The number of ether oxygens (including phenoxy) is 1. The minimum atomic E-state index is -2.02. The molecule has 9 unspecified atom stereocenters. The minimum Gasteiger partial charge on any atom is -0.451 e. The first-order valence-electron chi connectivity index (χ1n) is 12.7. The van der Waals surface area contributed by atoms with E-state index < -0.39 is 41.9 Å². The van der Waals surface area contributed by atoms with Crippen molar-refractivity contribution in [2.75, 3.05) is 6.61 Å². The van der Waals surface area contributed by atoms with Crippen molar-refractivity contribution in [2.45, 2.75) is 71.9 Å². The van der Waals surface area contributed by atoms with Crippen LogP contribution in [0.25, 0.3) is 0 Å². The number of aryl methyl sites for hydroxylation is 2. The Morgan fingerprint density at radius 2 is 1.77 bits per heavy atom. The Labute approximate surface area is 207 Å². The maximum Gasteiger partial charge on any atom is 0.339 e. The van der Waals surface area contributed by atoms with Crippen molar-refractivity contribution in [3.8, 4) is 0 Å². The van der Waals surface area contributed by atoms with Crippen molar-refractivity contribution < 1.29 is 30.0 Å². The first-order chi connectivity index (χ1) is 16.3. The Balaban J connectivity index is 1.64. The maximum atomic E-state index is 13.4. The summed E-state index contributed by atoms with van der Waals surface area (Å²) in [5, 5.41) is 46.4. The molecule has 0 radical (unpaired) electrons. The summed E-state index contributed by atoms with van der Waals surface area (Å²) in [4.78, 5) is 13.4. The fourth-order valence-electron chi connectivity index (χ4n) is 8.21. The summed E-state index contributed by atoms with van der Waals surface area (Å²) in [6, 6.07) is 5.54. The van der Waals surface area contributed by atoms with Gasteiger partial charge in [0.15, 0.2) is 6.10 Å². The van der Waals surface area contributed by atoms with Crippen molar-refractivity contribution in [3.63, 3.8) is 0 Å². The van der Waals surface area contributed by atoms with Crippen LogP contribution in [0.5, 0.6) is 0 Å². The number of esters is 1. The molecule has 35 heavy (non-hydrogen) atoms. The topological polar surface area (TPSA) is 107 Å². The Morgan fingerprint density at radius 1 is 1.14 bits per heavy atom. The molecule has 1 aromatic rings. The Morgan fingerprint density at radius 3 is 2.37 bits per heavy atom. The van der Waals surface area contributed by atoms with Crippen LogP contribution in [0.1, 0.15) is 55.6 Å². The highest BCUT2D eigenvalue weighted by Crippen LogP contribution is 2.72. The van der Waals surface area contributed by atoms with E-state index in [0.717, 1.165) is 17.5 Å². The SMILES string of the molecule is CC1=CC23C(C)CC4C(C(C=C(CO)C(O)C2(O)C1OC(=O)c1c(C)cccc1C)C3O)C4(C)C. The number of aliphatic hydroxyl groups is 4. The second-order valence-corrected chi connectivity index (χ2v) is 12.1. The number of carbonyl (C=O) groups excluding carboxylic acids is 1. The molecule has 9 atom stereocenters. The predicted molar refractivity (Wildman–Crippen MR) is 131 cm³/mol. The fourth-order valence-corrected chi connectivity index (χ4v) is 8.21. The van der Waals surface area contributed by atoms with E-state index in [4.69, 9.17) is 4.74 Å². The summed E-state index contributed by atoms with van der Waals surface area (Å²) < 4.78 is 6.03. The van der Waals surface area contributed by atoms with Crippen molar-refractivity contribution in [1.29, 1.82) is 0 Å². The van der Waals surface area contributed by atoms with Crippen LogP contribution in [0, 0.1) is 48.3 Å². The molecule has 6 heteroatoms. The highest BCUT2D eigenvalue weighted by molar-refractivity contribution is 5.93. The van der Waals surface area contributed by atoms with Crippen LogP contribution in [0.15, 0.2) is 41.5 Å². The molecular weight excluding hydrogens is 444 g/mol. The van der Waals surface area contributed by atoms with Crippen LogP contribution in [-0.2, 0) is 4.74 Å². The standard InChI is InChI=1S/C29H38O6/c1-14-8-7-9-15(2)21(14)26(33)35-25-16(3)12-28-17(4)10-20-22(27(20,5)6)19(24(28)32)11-18(13-30)23(31)29(25,28)34/h7-9,11-12,17,19-20,22-25,30-32,34H,10,13H2,1-6H3. The quantitative estimate of drug-likeness (QED) is 0.390. The van der Waals surface area contributed by atoms with Gasteiger partial charge in [0.05, 0.1) is 23.7 Å². The molecule has 5 rings (SSSR count). The first kappa shape index (κ1) is 24.7. The van der Waals surface area contributed by atoms with Gasteiger partial charge < -0.3 is 25.2 Å². The number of rotatable bonds is 3. The smallest absolute Gasteiger partial charge is 0.339 e. The largest absolute Gasteiger partial charge is 0.451 e. The zero-order chi connectivity index (χ0) is 25.7. The number of fused-ring (bicyclic) bond motifs is 3. The predicted octanol–water partition coefficient (Wildman–Crippen LogP) is 3.09. The molecule has 4 N–H and O–H groups in total. The second-order valence-electron chi connectivity index (χ2n) is 12.1. The van der Waals surface area contributed by atoms with Crippen LogP contribution in [0.2, 0.25) is 0 Å². The first-order valence-corrected chi connectivity index (χ1v) is 12.7. The summed E-state index contributed by atoms with van der Waals surface area (Å²) >= 11 is 0. The van der Waals surface area contributed by atoms with Crippen molar-refractivity contribution in [1.82, 2.24) is 0 Å². The molecule has 4 aliphatic carbocycles. The lowest BCUT2D eigenvalue weighted by Gasteiger charge is -2.52. The molecule has 0 aliphatic heterocycles. The molecule has 0 saturated heterocycles. The summed E-state index contributed by atoms with van der Waals surface area (Å²) in [7, 11) is 0. The van der Waals surface area contributed by atoms with E-state index >= 15 is 0 Å². The van der Waals surface area contributed by atoms with E-state index in [-0.39, 0.29) is 28.7 Å². The zero-order valence-electron chi connectivity index (χ0n) is 21.4. The van der Waals surface area contributed by atoms with Gasteiger partial charge in [0.1, 0.15) is 11.7 Å². The Bertz CT molecular complexity index is 1110. The molecule has 1 spiro atoms. The van der Waals surface area contributed by atoms with Gasteiger partial charge in [-0.05, 0) is 72.6 Å². The van der Waals surface area contributed by atoms with Crippen molar-refractivity contribution in [3.05, 3.63) is 58.2 Å². The molecule has 0 aromatic heterocycles.